The summed E-state index contributed by atoms with van der Waals surface area (Å²) in [5.41, 5.74) is 1.04. The van der Waals surface area contributed by atoms with E-state index in [1.165, 1.54) is 32.1 Å². The number of rotatable bonds is 4. The molecule has 0 amide bonds. The van der Waals surface area contributed by atoms with E-state index in [-0.39, 0.29) is 7.43 Å². The first-order chi connectivity index (χ1) is 7.12. The van der Waals surface area contributed by atoms with Crippen LogP contribution in [0.25, 0.3) is 0 Å². The average Bonchev–Trinajstić information content (AvgIpc) is 2.01. The molecule has 17 heavy (non-hydrogen) atoms. The summed E-state index contributed by atoms with van der Waals surface area (Å²) in [6.07, 6.45) is 6.38. The maximum Gasteiger partial charge on any atom is 0.0223 e. The average molecular weight is 265 g/mol. The van der Waals surface area contributed by atoms with Crippen LogP contribution in [-0.4, -0.2) is 5.88 Å². The first kappa shape index (κ1) is 22.5. The van der Waals surface area contributed by atoms with Gasteiger partial charge in [-0.3, -0.25) is 0 Å². The van der Waals surface area contributed by atoms with E-state index in [0.717, 1.165) is 5.88 Å². The zero-order valence-electron chi connectivity index (χ0n) is 12.6. The van der Waals surface area contributed by atoms with Gasteiger partial charge in [-0.15, -0.1) is 11.6 Å². The Morgan fingerprint density at radius 3 is 1.35 bits per heavy atom. The molecule has 0 heterocycles. The smallest absolute Gasteiger partial charge is 0.0223 e. The Morgan fingerprint density at radius 2 is 1.18 bits per heavy atom. The second kappa shape index (κ2) is 11.4. The van der Waals surface area contributed by atoms with E-state index in [1.54, 1.807) is 0 Å². The summed E-state index contributed by atoms with van der Waals surface area (Å²) in [5, 5.41) is 0. The standard InChI is InChI=1S/C8H17Cl.C7H16.CH4/c1-8(2,3)6-4-5-7-9;1-5-6-7(2,3)4;/h4-7H2,1-3H3;5-6H2,1-4H3;1H4. The fraction of sp³-hybridized carbons (Fsp3) is 1.00. The van der Waals surface area contributed by atoms with Crippen molar-refractivity contribution in [3.63, 3.8) is 0 Å². The Bertz CT molecular complexity index is 137. The van der Waals surface area contributed by atoms with Crippen LogP contribution in [-0.2, 0) is 0 Å². The second-order valence-electron chi connectivity index (χ2n) is 7.02. The van der Waals surface area contributed by atoms with E-state index < -0.39 is 0 Å². The summed E-state index contributed by atoms with van der Waals surface area (Å²) in [5.74, 6) is 0.816. The molecule has 0 saturated carbocycles. The minimum Gasteiger partial charge on any atom is -0.127 e. The minimum atomic E-state index is 0. The lowest BCUT2D eigenvalue weighted by atomic mass is 9.90. The van der Waals surface area contributed by atoms with E-state index in [2.05, 4.69) is 48.5 Å². The van der Waals surface area contributed by atoms with Crippen molar-refractivity contribution in [1.82, 2.24) is 0 Å². The van der Waals surface area contributed by atoms with Gasteiger partial charge in [0.1, 0.15) is 0 Å². The molecule has 0 aromatic rings. The van der Waals surface area contributed by atoms with Crippen molar-refractivity contribution in [1.29, 1.82) is 0 Å². The molecule has 0 aliphatic heterocycles. The van der Waals surface area contributed by atoms with Gasteiger partial charge in [-0.1, -0.05) is 68.7 Å². The topological polar surface area (TPSA) is 0 Å². The lowest BCUT2D eigenvalue weighted by Crippen LogP contribution is -2.03. The Balaban J connectivity index is -0.000000224. The molecule has 0 bridgehead atoms. The van der Waals surface area contributed by atoms with E-state index >= 15 is 0 Å². The van der Waals surface area contributed by atoms with E-state index in [1.807, 2.05) is 0 Å². The number of hydrogen-bond donors (Lipinski definition) is 0. The molecular weight excluding hydrogens is 228 g/mol. The molecular formula is C16H37Cl. The third-order valence-corrected chi connectivity index (χ3v) is 2.58. The molecule has 0 saturated heterocycles. The van der Waals surface area contributed by atoms with Gasteiger partial charge in [0, 0.05) is 5.88 Å². The number of hydrogen-bond acceptors (Lipinski definition) is 0. The van der Waals surface area contributed by atoms with Gasteiger partial charge in [0.15, 0.2) is 0 Å². The summed E-state index contributed by atoms with van der Waals surface area (Å²) < 4.78 is 0. The number of alkyl halides is 1. The van der Waals surface area contributed by atoms with Crippen LogP contribution in [0.2, 0.25) is 0 Å². The van der Waals surface area contributed by atoms with Gasteiger partial charge in [0.05, 0.1) is 0 Å². The molecule has 0 rings (SSSR count). The number of unbranched alkanes of at least 4 members (excludes halogenated alkanes) is 1. The van der Waals surface area contributed by atoms with Crippen LogP contribution in [0.3, 0.4) is 0 Å². The molecule has 1 heteroatoms. The van der Waals surface area contributed by atoms with Crippen LogP contribution in [0, 0.1) is 10.8 Å². The molecule has 0 aliphatic carbocycles. The molecule has 0 radical (unpaired) electrons. The van der Waals surface area contributed by atoms with Gasteiger partial charge in [0.25, 0.3) is 0 Å². The summed E-state index contributed by atoms with van der Waals surface area (Å²) in [6, 6.07) is 0. The Kier molecular flexibility index (Phi) is 15.0. The van der Waals surface area contributed by atoms with E-state index in [9.17, 15) is 0 Å². The van der Waals surface area contributed by atoms with Crippen LogP contribution in [0.15, 0.2) is 0 Å². The van der Waals surface area contributed by atoms with Crippen LogP contribution < -0.4 is 0 Å². The lowest BCUT2D eigenvalue weighted by molar-refractivity contribution is 0.364. The SMILES string of the molecule is C.CC(C)(C)CCCCCl.CCCC(C)(C)C. The summed E-state index contributed by atoms with van der Waals surface area (Å²) in [4.78, 5) is 0. The first-order valence-corrected chi connectivity index (χ1v) is 7.22. The summed E-state index contributed by atoms with van der Waals surface area (Å²) in [7, 11) is 0. The van der Waals surface area contributed by atoms with Crippen molar-refractivity contribution < 1.29 is 0 Å². The molecule has 0 aliphatic rings. The maximum absolute atomic E-state index is 5.53. The van der Waals surface area contributed by atoms with Crippen molar-refractivity contribution in [2.24, 2.45) is 10.8 Å². The van der Waals surface area contributed by atoms with Gasteiger partial charge >= 0.3 is 0 Å². The molecule has 0 atom stereocenters. The van der Waals surface area contributed by atoms with Gasteiger partial charge in [-0.2, -0.15) is 0 Å². The van der Waals surface area contributed by atoms with Crippen molar-refractivity contribution in [2.45, 2.75) is 88.0 Å². The molecule has 0 nitrogen and oxygen atoms in total. The van der Waals surface area contributed by atoms with Crippen LogP contribution in [0.5, 0.6) is 0 Å². The van der Waals surface area contributed by atoms with Gasteiger partial charge in [-0.25, -0.2) is 0 Å². The highest BCUT2D eigenvalue weighted by Gasteiger charge is 2.08. The minimum absolute atomic E-state index is 0. The third kappa shape index (κ3) is 31.4. The molecule has 0 aromatic heterocycles. The maximum atomic E-state index is 5.53. The molecule has 0 aromatic carbocycles. The van der Waals surface area contributed by atoms with Crippen molar-refractivity contribution >= 4 is 11.6 Å². The predicted octanol–water partition coefficient (Wildman–Crippen LogP) is 6.91. The highest BCUT2D eigenvalue weighted by molar-refractivity contribution is 6.17. The third-order valence-electron chi connectivity index (χ3n) is 2.31. The Hall–Kier alpha value is 0.290. The normalized spacial score (nSPS) is 11.3. The summed E-state index contributed by atoms with van der Waals surface area (Å²) in [6.45, 7) is 15.8. The molecule has 0 fully saturated rings. The lowest BCUT2D eigenvalue weighted by Gasteiger charge is -2.16. The number of halogens is 1. The highest BCUT2D eigenvalue weighted by Crippen LogP contribution is 2.21. The van der Waals surface area contributed by atoms with E-state index in [0.29, 0.717) is 10.8 Å². The van der Waals surface area contributed by atoms with Gasteiger partial charge in [0.2, 0.25) is 0 Å². The monoisotopic (exact) mass is 264 g/mol. The van der Waals surface area contributed by atoms with Gasteiger partial charge < -0.3 is 0 Å². The molecule has 0 N–H and O–H groups in total. The van der Waals surface area contributed by atoms with Crippen LogP contribution >= 0.6 is 11.6 Å². The quantitative estimate of drug-likeness (QED) is 0.382. The fourth-order valence-electron chi connectivity index (χ4n) is 1.50. The Labute approximate surface area is 117 Å². The van der Waals surface area contributed by atoms with Crippen molar-refractivity contribution in [3.05, 3.63) is 0 Å². The van der Waals surface area contributed by atoms with Crippen molar-refractivity contribution in [2.75, 3.05) is 5.88 Å². The van der Waals surface area contributed by atoms with Crippen LogP contribution in [0.1, 0.15) is 88.0 Å². The molecule has 0 spiro atoms. The zero-order valence-corrected chi connectivity index (χ0v) is 13.4. The molecule has 0 unspecified atom stereocenters. The summed E-state index contributed by atoms with van der Waals surface area (Å²) >= 11 is 5.53. The van der Waals surface area contributed by atoms with Gasteiger partial charge in [-0.05, 0) is 30.1 Å². The van der Waals surface area contributed by atoms with Crippen molar-refractivity contribution in [3.8, 4) is 0 Å². The largest absolute Gasteiger partial charge is 0.127 e. The van der Waals surface area contributed by atoms with Crippen LogP contribution in [0.4, 0.5) is 0 Å². The highest BCUT2D eigenvalue weighted by atomic mass is 35.5. The van der Waals surface area contributed by atoms with E-state index in [4.69, 9.17) is 11.6 Å². The molecule has 108 valence electrons. The first-order valence-electron chi connectivity index (χ1n) is 6.68. The predicted molar refractivity (Wildman–Crippen MR) is 85.1 cm³/mol. The fourth-order valence-corrected chi connectivity index (χ4v) is 1.69. The zero-order chi connectivity index (χ0) is 13.2. The Morgan fingerprint density at radius 1 is 0.765 bits per heavy atom. The second-order valence-corrected chi connectivity index (χ2v) is 7.40.